The number of aliphatic carboxylic acids is 2. The van der Waals surface area contributed by atoms with Crippen LogP contribution in [0.4, 0.5) is 0 Å². The zero-order chi connectivity index (χ0) is 26.8. The smallest absolute Gasteiger partial charge is 0.414 e. The first kappa shape index (κ1) is 30.7. The zero-order valence-corrected chi connectivity index (χ0v) is 22.9. The van der Waals surface area contributed by atoms with Gasteiger partial charge in [0.1, 0.15) is 11.9 Å². The molecule has 0 saturated carbocycles. The number of likely N-dealkylation sites (N-methyl/N-ethyl adjacent to an activating group) is 1. The van der Waals surface area contributed by atoms with E-state index < -0.39 is 11.9 Å². The van der Waals surface area contributed by atoms with Crippen molar-refractivity contribution in [3.8, 4) is 5.75 Å². The van der Waals surface area contributed by atoms with Gasteiger partial charge in [-0.25, -0.2) is 9.59 Å². The Hall–Kier alpha value is -2.38. The van der Waals surface area contributed by atoms with Gasteiger partial charge in [-0.15, -0.1) is 0 Å². The molecule has 0 aromatic heterocycles. The molecule has 2 rings (SSSR count). The quantitative estimate of drug-likeness (QED) is 0.340. The Morgan fingerprint density at radius 3 is 2.11 bits per heavy atom. The summed E-state index contributed by atoms with van der Waals surface area (Å²) in [6.45, 7) is 13.6. The van der Waals surface area contributed by atoms with E-state index in [0.29, 0.717) is 11.5 Å². The van der Waals surface area contributed by atoms with Crippen LogP contribution >= 0.6 is 0 Å². The maximum atomic E-state index is 9.10. The van der Waals surface area contributed by atoms with Crippen LogP contribution in [0, 0.1) is 5.41 Å². The first-order valence-corrected chi connectivity index (χ1v) is 12.5. The monoisotopic (exact) mass is 490 g/mol. The molecule has 7 nitrogen and oxygen atoms in total. The molecule has 0 fully saturated rings. The number of nitrogens with zero attached hydrogens (tertiary/aromatic N) is 2. The van der Waals surface area contributed by atoms with E-state index in [0.717, 1.165) is 18.8 Å². The van der Waals surface area contributed by atoms with Crippen LogP contribution in [0.3, 0.4) is 0 Å². The van der Waals surface area contributed by atoms with Crippen LogP contribution in [0.15, 0.2) is 35.4 Å². The second-order valence-corrected chi connectivity index (χ2v) is 10.7. The SMILES string of the molecule is CC1=C(CCC(C)N(C)Cc2ccc(OC(C)CN(C)C)cc2)C(C)(C)CCC1.O=C(O)C(=O)O. The fourth-order valence-corrected chi connectivity index (χ4v) is 4.70. The Kier molecular flexibility index (Phi) is 12.5. The Morgan fingerprint density at radius 1 is 1.06 bits per heavy atom. The molecule has 198 valence electrons. The van der Waals surface area contributed by atoms with Crippen LogP contribution in [-0.2, 0) is 16.1 Å². The molecule has 7 heteroatoms. The van der Waals surface area contributed by atoms with Crippen molar-refractivity contribution >= 4 is 11.9 Å². The zero-order valence-electron chi connectivity index (χ0n) is 22.9. The fourth-order valence-electron chi connectivity index (χ4n) is 4.70. The first-order chi connectivity index (χ1) is 16.2. The first-order valence-electron chi connectivity index (χ1n) is 12.5. The Labute approximate surface area is 211 Å². The average molecular weight is 491 g/mol. The molecule has 0 bridgehead atoms. The van der Waals surface area contributed by atoms with E-state index in [1.807, 2.05) is 0 Å². The van der Waals surface area contributed by atoms with Crippen molar-refractivity contribution < 1.29 is 24.5 Å². The number of carbonyl (C=O) groups is 2. The van der Waals surface area contributed by atoms with E-state index in [-0.39, 0.29) is 6.10 Å². The lowest BCUT2D eigenvalue weighted by atomic mass is 9.71. The summed E-state index contributed by atoms with van der Waals surface area (Å²) in [5.41, 5.74) is 5.10. The molecule has 2 N–H and O–H groups in total. The number of hydrogen-bond acceptors (Lipinski definition) is 5. The molecular weight excluding hydrogens is 444 g/mol. The van der Waals surface area contributed by atoms with Gasteiger partial charge in [0, 0.05) is 19.1 Å². The molecule has 35 heavy (non-hydrogen) atoms. The van der Waals surface area contributed by atoms with Gasteiger partial charge in [0.25, 0.3) is 0 Å². The van der Waals surface area contributed by atoms with Crippen LogP contribution < -0.4 is 4.74 Å². The van der Waals surface area contributed by atoms with Crippen molar-refractivity contribution in [2.45, 2.75) is 85.4 Å². The third kappa shape index (κ3) is 11.3. The Balaban J connectivity index is 0.000000905. The molecule has 1 aliphatic rings. The predicted molar refractivity (Wildman–Crippen MR) is 141 cm³/mol. The van der Waals surface area contributed by atoms with E-state index >= 15 is 0 Å². The molecule has 1 aromatic rings. The third-order valence-corrected chi connectivity index (χ3v) is 6.75. The molecule has 0 aliphatic heterocycles. The minimum atomic E-state index is -1.82. The van der Waals surface area contributed by atoms with Crippen molar-refractivity contribution in [1.29, 1.82) is 0 Å². The van der Waals surface area contributed by atoms with Crippen molar-refractivity contribution in [2.24, 2.45) is 5.41 Å². The Morgan fingerprint density at radius 2 is 1.63 bits per heavy atom. The summed E-state index contributed by atoms with van der Waals surface area (Å²) in [4.78, 5) is 22.8. The standard InChI is InChI=1S/C26H44N2O.C2H2O4/c1-20-10-9-17-26(4,5)25(20)16-11-21(2)28(8)19-23-12-14-24(15-13-23)29-22(3)18-27(6)7;3-1(4)2(5)6/h12-15,21-22H,9-11,16-19H2,1-8H3;(H,3,4)(H,5,6). The number of allylic oxidation sites excluding steroid dienone is 2. The lowest BCUT2D eigenvalue weighted by Crippen LogP contribution is -2.30. The normalized spacial score (nSPS) is 17.0. The highest BCUT2D eigenvalue weighted by atomic mass is 16.5. The minimum Gasteiger partial charge on any atom is -0.489 e. The average Bonchev–Trinajstić information content (AvgIpc) is 2.73. The lowest BCUT2D eigenvalue weighted by Gasteiger charge is -2.36. The van der Waals surface area contributed by atoms with Crippen LogP contribution in [0.1, 0.15) is 72.3 Å². The summed E-state index contributed by atoms with van der Waals surface area (Å²) in [6.07, 6.45) is 6.65. The van der Waals surface area contributed by atoms with E-state index in [4.69, 9.17) is 24.5 Å². The van der Waals surface area contributed by atoms with Gasteiger partial charge >= 0.3 is 11.9 Å². The van der Waals surface area contributed by atoms with E-state index in [9.17, 15) is 0 Å². The van der Waals surface area contributed by atoms with E-state index in [1.165, 1.54) is 37.7 Å². The van der Waals surface area contributed by atoms with Gasteiger partial charge in [0.15, 0.2) is 0 Å². The van der Waals surface area contributed by atoms with Gasteiger partial charge in [-0.2, -0.15) is 0 Å². The summed E-state index contributed by atoms with van der Waals surface area (Å²) >= 11 is 0. The molecule has 1 aliphatic carbocycles. The van der Waals surface area contributed by atoms with Gasteiger partial charge in [0.2, 0.25) is 0 Å². The minimum absolute atomic E-state index is 0.195. The molecule has 0 radical (unpaired) electrons. The van der Waals surface area contributed by atoms with Crippen LogP contribution in [-0.4, -0.2) is 71.8 Å². The van der Waals surface area contributed by atoms with Crippen LogP contribution in [0.2, 0.25) is 0 Å². The molecule has 0 heterocycles. The largest absolute Gasteiger partial charge is 0.489 e. The van der Waals surface area contributed by atoms with Crippen LogP contribution in [0.25, 0.3) is 0 Å². The van der Waals surface area contributed by atoms with Crippen LogP contribution in [0.5, 0.6) is 5.75 Å². The molecular formula is C28H46N2O5. The van der Waals surface area contributed by atoms with Crippen molar-refractivity contribution in [3.63, 3.8) is 0 Å². The second-order valence-electron chi connectivity index (χ2n) is 10.7. The number of carboxylic acids is 2. The lowest BCUT2D eigenvalue weighted by molar-refractivity contribution is -0.159. The highest BCUT2D eigenvalue weighted by Gasteiger charge is 2.28. The second kappa shape index (κ2) is 14.2. The third-order valence-electron chi connectivity index (χ3n) is 6.75. The summed E-state index contributed by atoms with van der Waals surface area (Å²) in [6, 6.07) is 9.21. The highest BCUT2D eigenvalue weighted by Crippen LogP contribution is 2.42. The number of rotatable bonds is 10. The number of benzene rings is 1. The Bertz CT molecular complexity index is 833. The van der Waals surface area contributed by atoms with E-state index in [1.54, 1.807) is 11.1 Å². The maximum absolute atomic E-state index is 9.10. The number of carboxylic acid groups (broad SMARTS) is 2. The highest BCUT2D eigenvalue weighted by molar-refractivity contribution is 6.27. The topological polar surface area (TPSA) is 90.3 Å². The number of hydrogen-bond donors (Lipinski definition) is 2. The van der Waals surface area contributed by atoms with Gasteiger partial charge in [0.05, 0.1) is 0 Å². The van der Waals surface area contributed by atoms with Crippen molar-refractivity contribution in [1.82, 2.24) is 9.80 Å². The molecule has 0 amide bonds. The molecule has 2 unspecified atom stereocenters. The fraction of sp³-hybridized carbons (Fsp3) is 0.643. The van der Waals surface area contributed by atoms with Gasteiger partial charge in [-0.05, 0) is 97.1 Å². The van der Waals surface area contributed by atoms with Gasteiger partial charge < -0.3 is 19.8 Å². The molecule has 1 aromatic carbocycles. The van der Waals surface area contributed by atoms with Gasteiger partial charge in [-0.1, -0.05) is 37.1 Å². The van der Waals surface area contributed by atoms with Crippen molar-refractivity contribution in [3.05, 3.63) is 41.0 Å². The molecule has 2 atom stereocenters. The summed E-state index contributed by atoms with van der Waals surface area (Å²) < 4.78 is 6.01. The number of ether oxygens (including phenoxy) is 1. The van der Waals surface area contributed by atoms with Gasteiger partial charge in [-0.3, -0.25) is 4.90 Å². The van der Waals surface area contributed by atoms with Crippen molar-refractivity contribution in [2.75, 3.05) is 27.7 Å². The maximum Gasteiger partial charge on any atom is 0.414 e. The van der Waals surface area contributed by atoms with E-state index in [2.05, 4.69) is 89.8 Å². The summed E-state index contributed by atoms with van der Waals surface area (Å²) in [5.74, 6) is -2.69. The predicted octanol–water partition coefficient (Wildman–Crippen LogP) is 5.30. The molecule has 0 spiro atoms. The summed E-state index contributed by atoms with van der Waals surface area (Å²) in [5, 5.41) is 14.8. The summed E-state index contributed by atoms with van der Waals surface area (Å²) in [7, 11) is 6.40. The molecule has 0 saturated heterocycles.